The van der Waals surface area contributed by atoms with Gasteiger partial charge in [-0.25, -0.2) is 9.78 Å². The summed E-state index contributed by atoms with van der Waals surface area (Å²) in [7, 11) is 0. The Morgan fingerprint density at radius 2 is 1.82 bits per heavy atom. The van der Waals surface area contributed by atoms with Crippen LogP contribution in [-0.2, 0) is 22.1 Å². The van der Waals surface area contributed by atoms with E-state index in [0.717, 1.165) is 18.2 Å². The Hall–Kier alpha value is -3.02. The van der Waals surface area contributed by atoms with E-state index in [2.05, 4.69) is 20.6 Å². The van der Waals surface area contributed by atoms with E-state index in [1.54, 1.807) is 34.0 Å². The summed E-state index contributed by atoms with van der Waals surface area (Å²) in [6.45, 7) is 6.53. The van der Waals surface area contributed by atoms with Crippen LogP contribution in [0.1, 0.15) is 44.0 Å². The number of aromatic amines is 1. The number of aryl methyl sites for hydroxylation is 1. The monoisotopic (exact) mass is 486 g/mol. The number of nitrogens with one attached hydrogen (secondary N) is 3. The maximum atomic E-state index is 13.2. The third-order valence-electron chi connectivity index (χ3n) is 4.25. The van der Waals surface area contributed by atoms with Gasteiger partial charge in [-0.3, -0.25) is 14.9 Å². The molecule has 0 radical (unpaired) electrons. The third kappa shape index (κ3) is 7.81. The predicted octanol–water partition coefficient (Wildman–Crippen LogP) is 4.74. The summed E-state index contributed by atoms with van der Waals surface area (Å²) in [6.07, 6.45) is -3.95. The normalized spacial score (nSPS) is 11.8. The molecule has 0 saturated carbocycles. The van der Waals surface area contributed by atoms with E-state index in [4.69, 9.17) is 4.74 Å². The molecule has 2 rings (SSSR count). The van der Waals surface area contributed by atoms with E-state index in [9.17, 15) is 27.6 Å². The number of nitrogens with zero attached hydrogens (tertiary/aromatic N) is 1. The lowest BCUT2D eigenvalue weighted by atomic mass is 10.1. The molecule has 1 aromatic carbocycles. The Balaban J connectivity index is 2.22. The van der Waals surface area contributed by atoms with Crippen LogP contribution in [0.2, 0.25) is 0 Å². The molecule has 1 aromatic heterocycles. The van der Waals surface area contributed by atoms with Crippen LogP contribution in [0.25, 0.3) is 0 Å². The van der Waals surface area contributed by atoms with Crippen molar-refractivity contribution in [1.29, 1.82) is 0 Å². The van der Waals surface area contributed by atoms with Crippen molar-refractivity contribution in [3.8, 4) is 0 Å². The van der Waals surface area contributed by atoms with Crippen LogP contribution in [0.5, 0.6) is 0 Å². The first-order chi connectivity index (χ1) is 15.2. The molecule has 1 heterocycles. The number of halogens is 3. The lowest BCUT2D eigenvalue weighted by molar-refractivity contribution is -0.137. The molecule has 0 unspecified atom stereocenters. The zero-order valence-electron chi connectivity index (χ0n) is 18.8. The highest BCUT2D eigenvalue weighted by Crippen LogP contribution is 2.34. The van der Waals surface area contributed by atoms with E-state index in [-0.39, 0.29) is 29.8 Å². The second-order valence-corrected chi connectivity index (χ2v) is 8.87. The highest BCUT2D eigenvalue weighted by atomic mass is 32.2. The van der Waals surface area contributed by atoms with Crippen LogP contribution in [0.3, 0.4) is 0 Å². The number of hydrogen-bond donors (Lipinski definition) is 3. The molecule has 3 N–H and O–H groups in total. The van der Waals surface area contributed by atoms with Crippen LogP contribution >= 0.6 is 11.8 Å². The number of carbonyl (C=O) groups is 2. The van der Waals surface area contributed by atoms with Gasteiger partial charge in [0.1, 0.15) is 5.60 Å². The smallest absolute Gasteiger partial charge is 0.416 e. The van der Waals surface area contributed by atoms with Gasteiger partial charge in [-0.2, -0.15) is 13.2 Å². The fraction of sp³-hybridized carbons (Fsp3) is 0.429. The van der Waals surface area contributed by atoms with Crippen LogP contribution in [0, 0.1) is 6.92 Å². The van der Waals surface area contributed by atoms with E-state index in [0.29, 0.717) is 16.4 Å². The van der Waals surface area contributed by atoms with E-state index in [1.807, 2.05) is 0 Å². The summed E-state index contributed by atoms with van der Waals surface area (Å²) in [5.74, 6) is -0.644. The largest absolute Gasteiger partial charge is 0.444 e. The number of rotatable bonds is 6. The van der Waals surface area contributed by atoms with E-state index >= 15 is 0 Å². The molecule has 0 aliphatic rings. The SMILES string of the molecule is CSc1nc(C)c(CCC(=O)Nc2cc(C(F)(F)F)ccc2NC(=O)OC(C)(C)C)c(=O)[nH]1. The topological polar surface area (TPSA) is 113 Å². The van der Waals surface area contributed by atoms with Crippen molar-refractivity contribution >= 4 is 35.1 Å². The Labute approximate surface area is 192 Å². The third-order valence-corrected chi connectivity index (χ3v) is 4.83. The van der Waals surface area contributed by atoms with Gasteiger partial charge >= 0.3 is 12.3 Å². The van der Waals surface area contributed by atoms with Gasteiger partial charge in [0.2, 0.25) is 5.91 Å². The highest BCUT2D eigenvalue weighted by molar-refractivity contribution is 7.98. The van der Waals surface area contributed by atoms with Crippen LogP contribution in [0.4, 0.5) is 29.3 Å². The van der Waals surface area contributed by atoms with Gasteiger partial charge in [0.25, 0.3) is 5.56 Å². The Bertz CT molecular complexity index is 1090. The summed E-state index contributed by atoms with van der Waals surface area (Å²) in [5, 5.41) is 5.16. The van der Waals surface area contributed by atoms with Gasteiger partial charge in [-0.15, -0.1) is 0 Å². The predicted molar refractivity (Wildman–Crippen MR) is 120 cm³/mol. The van der Waals surface area contributed by atoms with Crippen LogP contribution in [-0.4, -0.2) is 33.8 Å². The first kappa shape index (κ1) is 26.2. The molecule has 0 bridgehead atoms. The number of benzene rings is 1. The van der Waals surface area contributed by atoms with Crippen molar-refractivity contribution in [2.45, 2.75) is 57.5 Å². The number of amides is 2. The molecule has 0 spiro atoms. The number of ether oxygens (including phenoxy) is 1. The molecule has 180 valence electrons. The average Bonchev–Trinajstić information content (AvgIpc) is 2.66. The maximum Gasteiger partial charge on any atom is 0.416 e. The van der Waals surface area contributed by atoms with Crippen molar-refractivity contribution in [3.63, 3.8) is 0 Å². The minimum atomic E-state index is -4.65. The summed E-state index contributed by atoms with van der Waals surface area (Å²) < 4.78 is 44.6. The minimum Gasteiger partial charge on any atom is -0.444 e. The molecule has 2 aromatic rings. The Kier molecular flexibility index (Phi) is 8.17. The fourth-order valence-electron chi connectivity index (χ4n) is 2.77. The Morgan fingerprint density at radius 3 is 2.36 bits per heavy atom. The van der Waals surface area contributed by atoms with Crippen LogP contribution in [0.15, 0.2) is 28.2 Å². The van der Waals surface area contributed by atoms with Gasteiger partial charge in [-0.1, -0.05) is 11.8 Å². The number of carbonyl (C=O) groups excluding carboxylic acids is 2. The van der Waals surface area contributed by atoms with Crippen LogP contribution < -0.4 is 16.2 Å². The quantitative estimate of drug-likeness (QED) is 0.402. The summed E-state index contributed by atoms with van der Waals surface area (Å²) in [6, 6.07) is 2.53. The van der Waals surface area contributed by atoms with Crippen molar-refractivity contribution in [2.75, 3.05) is 16.9 Å². The molecule has 12 heteroatoms. The van der Waals surface area contributed by atoms with E-state index < -0.39 is 29.3 Å². The maximum absolute atomic E-state index is 13.2. The molecule has 0 atom stereocenters. The van der Waals surface area contributed by atoms with Gasteiger partial charge < -0.3 is 15.0 Å². The summed E-state index contributed by atoms with van der Waals surface area (Å²) in [5.41, 5.74) is -1.76. The van der Waals surface area contributed by atoms with Crippen molar-refractivity contribution < 1.29 is 27.5 Å². The number of alkyl halides is 3. The zero-order chi connectivity index (χ0) is 25.0. The second kappa shape index (κ2) is 10.3. The van der Waals surface area contributed by atoms with Crippen molar-refractivity contribution in [1.82, 2.24) is 9.97 Å². The average molecular weight is 487 g/mol. The summed E-state index contributed by atoms with van der Waals surface area (Å²) >= 11 is 1.26. The zero-order valence-corrected chi connectivity index (χ0v) is 19.6. The van der Waals surface area contributed by atoms with E-state index in [1.165, 1.54) is 11.8 Å². The molecule has 0 aliphatic heterocycles. The second-order valence-electron chi connectivity index (χ2n) is 8.07. The Morgan fingerprint density at radius 1 is 1.15 bits per heavy atom. The van der Waals surface area contributed by atoms with Gasteiger partial charge in [0.15, 0.2) is 5.16 Å². The molecule has 0 fully saturated rings. The highest BCUT2D eigenvalue weighted by Gasteiger charge is 2.31. The number of aromatic nitrogens is 2. The van der Waals surface area contributed by atoms with Gasteiger partial charge in [0, 0.05) is 17.7 Å². The van der Waals surface area contributed by atoms with Crippen molar-refractivity contribution in [3.05, 3.63) is 45.4 Å². The fourth-order valence-corrected chi connectivity index (χ4v) is 3.20. The lowest BCUT2D eigenvalue weighted by Crippen LogP contribution is -2.27. The number of H-pyrrole nitrogens is 1. The number of hydrogen-bond acceptors (Lipinski definition) is 6. The molecule has 0 aliphatic carbocycles. The minimum absolute atomic E-state index is 0.0302. The molecule has 0 saturated heterocycles. The summed E-state index contributed by atoms with van der Waals surface area (Å²) in [4.78, 5) is 43.6. The van der Waals surface area contributed by atoms with Gasteiger partial charge in [0.05, 0.1) is 16.9 Å². The van der Waals surface area contributed by atoms with Gasteiger partial charge in [-0.05, 0) is 58.6 Å². The standard InChI is InChI=1S/C21H25F3N4O4S/c1-11-13(17(30)28-18(25-11)33-5)7-9-16(29)26-15-10-12(21(22,23)24)6-8-14(15)27-19(31)32-20(2,3)4/h6,8,10H,7,9H2,1-5H3,(H,26,29)(H,27,31)(H,25,28,30). The molecule has 33 heavy (non-hydrogen) atoms. The van der Waals surface area contributed by atoms with Crippen molar-refractivity contribution in [2.24, 2.45) is 0 Å². The number of anilines is 2. The molecule has 8 nitrogen and oxygen atoms in total. The molecular weight excluding hydrogens is 461 g/mol. The molecule has 2 amide bonds. The molecular formula is C21H25F3N4O4S. The first-order valence-electron chi connectivity index (χ1n) is 9.84. The first-order valence-corrected chi connectivity index (χ1v) is 11.1. The number of thioether (sulfide) groups is 1. The lowest BCUT2D eigenvalue weighted by Gasteiger charge is -2.21.